The predicted octanol–water partition coefficient (Wildman–Crippen LogP) is 5.99. The highest BCUT2D eigenvalue weighted by atomic mass is 16.5. The van der Waals surface area contributed by atoms with Crippen molar-refractivity contribution in [2.24, 2.45) is 7.05 Å². The van der Waals surface area contributed by atoms with Crippen molar-refractivity contribution < 1.29 is 14.3 Å². The highest BCUT2D eigenvalue weighted by Gasteiger charge is 2.30. The molecular weight excluding hydrogens is 528 g/mol. The number of likely N-dealkylation sites (N-methyl/N-ethyl adjacent to an activating group) is 1. The number of hydrogen-bond donors (Lipinski definition) is 1. The maximum atomic E-state index is 13.0. The minimum atomic E-state index is 0.0884. The highest BCUT2D eigenvalue weighted by Crippen LogP contribution is 2.26. The van der Waals surface area contributed by atoms with Crippen LogP contribution in [0, 0.1) is 0 Å². The summed E-state index contributed by atoms with van der Waals surface area (Å²) in [5, 5.41) is 2.78. The molecule has 1 aromatic carbocycles. The molecule has 2 aromatic rings. The summed E-state index contributed by atoms with van der Waals surface area (Å²) in [5.74, 6) is 0. The van der Waals surface area contributed by atoms with Gasteiger partial charge in [0.2, 0.25) is 6.41 Å². The fourth-order valence-electron chi connectivity index (χ4n) is 6.91. The molecule has 238 valence electrons. The number of unbranched alkanes of at least 4 members (excludes halogenated alkanes) is 3. The number of fused-ring (bicyclic) bond motifs is 1. The van der Waals surface area contributed by atoms with E-state index in [2.05, 4.69) is 56.1 Å². The van der Waals surface area contributed by atoms with Crippen molar-refractivity contribution in [3.05, 3.63) is 34.2 Å². The van der Waals surface area contributed by atoms with Gasteiger partial charge in [0, 0.05) is 44.9 Å². The SMILES string of the molecule is CCCC(C)n1c(=O)n(C)c2c(CCCCCCOC(CCNC=O)CCOCC3CCC(CC)N3CC)cccc21. The fraction of sp³-hybridized carbons (Fsp3) is 0.765. The maximum absolute atomic E-state index is 13.0. The van der Waals surface area contributed by atoms with Crippen LogP contribution in [0.1, 0.15) is 110 Å². The van der Waals surface area contributed by atoms with Gasteiger partial charge in [0.05, 0.1) is 23.7 Å². The van der Waals surface area contributed by atoms with E-state index in [1.807, 2.05) is 16.2 Å². The summed E-state index contributed by atoms with van der Waals surface area (Å²) < 4.78 is 16.2. The molecule has 0 spiro atoms. The van der Waals surface area contributed by atoms with Crippen molar-refractivity contribution in [2.75, 3.05) is 32.9 Å². The quantitative estimate of drug-likeness (QED) is 0.135. The first-order valence-electron chi connectivity index (χ1n) is 16.8. The van der Waals surface area contributed by atoms with Crippen LogP contribution >= 0.6 is 0 Å². The molecular formula is C34H58N4O4. The Kier molecular flexibility index (Phi) is 15.1. The summed E-state index contributed by atoms with van der Waals surface area (Å²) >= 11 is 0. The Bertz CT molecular complexity index is 1110. The number of carbonyl (C=O) groups is 1. The number of likely N-dealkylation sites (tertiary alicyclic amines) is 1. The molecule has 1 aliphatic heterocycles. The van der Waals surface area contributed by atoms with Crippen molar-refractivity contribution in [1.82, 2.24) is 19.4 Å². The number of nitrogens with zero attached hydrogens (tertiary/aromatic N) is 3. The van der Waals surface area contributed by atoms with E-state index in [0.717, 1.165) is 95.0 Å². The first-order valence-corrected chi connectivity index (χ1v) is 16.8. The van der Waals surface area contributed by atoms with E-state index in [-0.39, 0.29) is 17.8 Å². The highest BCUT2D eigenvalue weighted by molar-refractivity contribution is 5.80. The van der Waals surface area contributed by atoms with Gasteiger partial charge in [-0.2, -0.15) is 0 Å². The van der Waals surface area contributed by atoms with Gasteiger partial charge in [0.1, 0.15) is 0 Å². The van der Waals surface area contributed by atoms with Crippen molar-refractivity contribution in [3.63, 3.8) is 0 Å². The monoisotopic (exact) mass is 586 g/mol. The van der Waals surface area contributed by atoms with Crippen LogP contribution in [0.25, 0.3) is 11.0 Å². The molecule has 4 unspecified atom stereocenters. The van der Waals surface area contributed by atoms with E-state index in [9.17, 15) is 9.59 Å². The van der Waals surface area contributed by atoms with Crippen molar-refractivity contribution in [2.45, 2.75) is 129 Å². The van der Waals surface area contributed by atoms with Crippen molar-refractivity contribution in [1.29, 1.82) is 0 Å². The van der Waals surface area contributed by atoms with Gasteiger partial charge in [0.25, 0.3) is 0 Å². The first kappa shape index (κ1) is 34.3. The number of hydrogen-bond acceptors (Lipinski definition) is 5. The molecule has 0 aliphatic carbocycles. The summed E-state index contributed by atoms with van der Waals surface area (Å²) in [5.41, 5.74) is 3.50. The summed E-state index contributed by atoms with van der Waals surface area (Å²) in [7, 11) is 1.91. The molecule has 42 heavy (non-hydrogen) atoms. The molecule has 1 saturated heterocycles. The zero-order valence-electron chi connectivity index (χ0n) is 27.1. The summed E-state index contributed by atoms with van der Waals surface area (Å²) in [4.78, 5) is 26.4. The lowest BCUT2D eigenvalue weighted by Crippen LogP contribution is -2.38. The molecule has 3 rings (SSSR count). The lowest BCUT2D eigenvalue weighted by molar-refractivity contribution is -0.109. The lowest BCUT2D eigenvalue weighted by Gasteiger charge is -2.28. The van der Waals surface area contributed by atoms with E-state index in [4.69, 9.17) is 9.47 Å². The van der Waals surface area contributed by atoms with Crippen LogP contribution in [0.2, 0.25) is 0 Å². The van der Waals surface area contributed by atoms with Crippen LogP contribution in [0.4, 0.5) is 0 Å². The molecule has 0 saturated carbocycles. The van der Waals surface area contributed by atoms with Crippen LogP contribution in [-0.4, -0.2) is 71.5 Å². The standard InChI is InChI=1S/C34H58N4O4/c1-6-14-27(4)38-32-17-13-16-28(33(32)36(5)34(38)40)15-11-9-10-12-23-42-31(20-22-35-26-39)21-24-41-25-30-19-18-29(7-2)37(30)8-3/h13,16-17,26-27,29-31H,6-12,14-15,18-25H2,1-5H3,(H,35,39). The van der Waals surface area contributed by atoms with Crippen molar-refractivity contribution in [3.8, 4) is 0 Å². The molecule has 8 nitrogen and oxygen atoms in total. The Hall–Kier alpha value is -2.16. The zero-order valence-corrected chi connectivity index (χ0v) is 27.1. The lowest BCUT2D eigenvalue weighted by atomic mass is 10.0. The molecule has 1 N–H and O–H groups in total. The third kappa shape index (κ3) is 9.42. The Morgan fingerprint density at radius 2 is 1.81 bits per heavy atom. The van der Waals surface area contributed by atoms with Crippen LogP contribution in [0.5, 0.6) is 0 Å². The van der Waals surface area contributed by atoms with E-state index in [1.54, 1.807) is 0 Å². The zero-order chi connectivity index (χ0) is 30.3. The van der Waals surface area contributed by atoms with E-state index in [1.165, 1.54) is 24.8 Å². The number of benzene rings is 1. The van der Waals surface area contributed by atoms with Crippen LogP contribution in [-0.2, 0) is 27.7 Å². The molecule has 2 heterocycles. The topological polar surface area (TPSA) is 77.7 Å². The molecule has 1 fully saturated rings. The smallest absolute Gasteiger partial charge is 0.329 e. The summed E-state index contributed by atoms with van der Waals surface area (Å²) in [6.07, 6.45) is 13.7. The van der Waals surface area contributed by atoms with Gasteiger partial charge in [-0.1, -0.05) is 52.2 Å². The molecule has 1 aromatic heterocycles. The molecule has 0 radical (unpaired) electrons. The Morgan fingerprint density at radius 1 is 1.02 bits per heavy atom. The van der Waals surface area contributed by atoms with Crippen molar-refractivity contribution >= 4 is 17.4 Å². The fourth-order valence-corrected chi connectivity index (χ4v) is 6.91. The van der Waals surface area contributed by atoms with Gasteiger partial charge in [-0.05, 0) is 82.9 Å². The number of rotatable bonds is 22. The molecule has 4 atom stereocenters. The number of amides is 1. The second-order valence-corrected chi connectivity index (χ2v) is 12.1. The Morgan fingerprint density at radius 3 is 2.55 bits per heavy atom. The van der Waals surface area contributed by atoms with Gasteiger partial charge < -0.3 is 14.8 Å². The van der Waals surface area contributed by atoms with Gasteiger partial charge in [-0.25, -0.2) is 4.79 Å². The van der Waals surface area contributed by atoms with E-state index >= 15 is 0 Å². The predicted molar refractivity (Wildman–Crippen MR) is 172 cm³/mol. The van der Waals surface area contributed by atoms with Gasteiger partial charge in [-0.3, -0.25) is 18.8 Å². The largest absolute Gasteiger partial charge is 0.380 e. The number of imidazole rings is 1. The normalized spacial score (nSPS) is 19.0. The average Bonchev–Trinajstić information content (AvgIpc) is 3.51. The number of carbonyl (C=O) groups excluding carboxylic acids is 1. The van der Waals surface area contributed by atoms with Crippen LogP contribution in [0.15, 0.2) is 23.0 Å². The maximum Gasteiger partial charge on any atom is 0.329 e. The number of aromatic nitrogens is 2. The number of nitrogens with one attached hydrogen (secondary N) is 1. The average molecular weight is 587 g/mol. The number of aryl methyl sites for hydroxylation is 2. The molecule has 8 heteroatoms. The molecule has 0 bridgehead atoms. The third-order valence-corrected chi connectivity index (χ3v) is 9.22. The van der Waals surface area contributed by atoms with Gasteiger partial charge in [-0.15, -0.1) is 0 Å². The van der Waals surface area contributed by atoms with E-state index < -0.39 is 0 Å². The minimum Gasteiger partial charge on any atom is -0.380 e. The van der Waals surface area contributed by atoms with Crippen LogP contribution < -0.4 is 11.0 Å². The Balaban J connectivity index is 1.39. The first-order chi connectivity index (χ1) is 20.5. The molecule has 1 amide bonds. The number of ether oxygens (including phenoxy) is 2. The Labute approximate surface area is 254 Å². The van der Waals surface area contributed by atoms with E-state index in [0.29, 0.717) is 25.2 Å². The second-order valence-electron chi connectivity index (χ2n) is 12.1. The van der Waals surface area contributed by atoms with Crippen LogP contribution in [0.3, 0.4) is 0 Å². The van der Waals surface area contributed by atoms with Gasteiger partial charge >= 0.3 is 5.69 Å². The number of para-hydroxylation sites is 1. The second kappa shape index (κ2) is 18.5. The summed E-state index contributed by atoms with van der Waals surface area (Å²) in [6.45, 7) is 12.8. The molecule has 1 aliphatic rings. The minimum absolute atomic E-state index is 0.0884. The summed E-state index contributed by atoms with van der Waals surface area (Å²) in [6, 6.07) is 7.81. The van der Waals surface area contributed by atoms with Gasteiger partial charge in [0.15, 0.2) is 0 Å². The third-order valence-electron chi connectivity index (χ3n) is 9.22.